The van der Waals surface area contributed by atoms with Crippen molar-refractivity contribution in [2.45, 2.75) is 38.3 Å². The molecule has 104 valence electrons. The molecule has 0 spiro atoms. The lowest BCUT2D eigenvalue weighted by atomic mass is 9.98. The molecule has 0 aromatic heterocycles. The first kappa shape index (κ1) is 14.8. The Morgan fingerprint density at radius 2 is 2.26 bits per heavy atom. The van der Waals surface area contributed by atoms with Crippen molar-refractivity contribution in [1.29, 1.82) is 0 Å². The lowest BCUT2D eigenvalue weighted by molar-refractivity contribution is -0.138. The fourth-order valence-electron chi connectivity index (χ4n) is 2.57. The van der Waals surface area contributed by atoms with Gasteiger partial charge < -0.3 is 5.11 Å². The average Bonchev–Trinajstić information content (AvgIpc) is 2.36. The van der Waals surface area contributed by atoms with Crippen LogP contribution in [0.25, 0.3) is 0 Å². The molecule has 0 aliphatic carbocycles. The van der Waals surface area contributed by atoms with Gasteiger partial charge in [0.2, 0.25) is 0 Å². The minimum Gasteiger partial charge on any atom is -0.481 e. The quantitative estimate of drug-likeness (QED) is 0.898. The number of carboxylic acids is 1. The molecule has 1 fully saturated rings. The minimum absolute atomic E-state index is 0.153. The van der Waals surface area contributed by atoms with Crippen molar-refractivity contribution >= 4 is 33.5 Å². The number of hydrogen-bond acceptors (Lipinski definition) is 2. The number of halogens is 2. The van der Waals surface area contributed by atoms with Crippen molar-refractivity contribution < 1.29 is 9.90 Å². The normalized spacial score (nSPS) is 20.4. The van der Waals surface area contributed by atoms with Crippen LogP contribution in [0.1, 0.15) is 31.2 Å². The lowest BCUT2D eigenvalue weighted by Crippen LogP contribution is -2.40. The highest BCUT2D eigenvalue weighted by Crippen LogP contribution is 2.26. The van der Waals surface area contributed by atoms with E-state index in [-0.39, 0.29) is 12.5 Å². The van der Waals surface area contributed by atoms with E-state index in [4.69, 9.17) is 16.7 Å². The molecule has 1 heterocycles. The van der Waals surface area contributed by atoms with Gasteiger partial charge in [0.05, 0.1) is 11.4 Å². The molecule has 0 radical (unpaired) electrons. The van der Waals surface area contributed by atoms with Gasteiger partial charge in [-0.25, -0.2) is 0 Å². The van der Waals surface area contributed by atoms with Gasteiger partial charge in [-0.05, 0) is 53.0 Å². The van der Waals surface area contributed by atoms with Gasteiger partial charge in [-0.1, -0.05) is 24.1 Å². The average molecular weight is 347 g/mol. The third-order valence-electron chi connectivity index (χ3n) is 3.53. The maximum atomic E-state index is 10.9. The molecule has 0 bridgehead atoms. The zero-order valence-corrected chi connectivity index (χ0v) is 13.0. The predicted molar refractivity (Wildman–Crippen MR) is 79.5 cm³/mol. The van der Waals surface area contributed by atoms with E-state index >= 15 is 0 Å². The van der Waals surface area contributed by atoms with Crippen molar-refractivity contribution in [2.75, 3.05) is 6.54 Å². The molecule has 1 aromatic rings. The van der Waals surface area contributed by atoms with Crippen molar-refractivity contribution in [3.8, 4) is 0 Å². The van der Waals surface area contributed by atoms with Gasteiger partial charge in [-0.3, -0.25) is 9.69 Å². The van der Waals surface area contributed by atoms with Crippen LogP contribution < -0.4 is 0 Å². The van der Waals surface area contributed by atoms with E-state index in [0.717, 1.165) is 42.4 Å². The molecule has 1 atom stereocenters. The first-order valence-electron chi connectivity index (χ1n) is 6.46. The summed E-state index contributed by atoms with van der Waals surface area (Å²) in [5.41, 5.74) is 1.16. The van der Waals surface area contributed by atoms with E-state index in [1.807, 2.05) is 18.2 Å². The molecular weight excluding hydrogens is 330 g/mol. The first-order valence-corrected chi connectivity index (χ1v) is 7.63. The van der Waals surface area contributed by atoms with Crippen LogP contribution in [-0.2, 0) is 11.3 Å². The van der Waals surface area contributed by atoms with Crippen LogP contribution in [0.5, 0.6) is 0 Å². The van der Waals surface area contributed by atoms with Crippen molar-refractivity contribution in [3.63, 3.8) is 0 Å². The van der Waals surface area contributed by atoms with Crippen LogP contribution in [0.15, 0.2) is 22.7 Å². The monoisotopic (exact) mass is 345 g/mol. The SMILES string of the molecule is O=C(O)CC1CCCCN1Cc1ccc(Cl)c(Br)c1. The zero-order chi connectivity index (χ0) is 13.8. The fraction of sp³-hybridized carbons (Fsp3) is 0.500. The number of carboxylic acid groups (broad SMARTS) is 1. The molecule has 1 aliphatic rings. The highest BCUT2D eigenvalue weighted by molar-refractivity contribution is 9.10. The molecule has 1 saturated heterocycles. The summed E-state index contributed by atoms with van der Waals surface area (Å²) in [7, 11) is 0. The van der Waals surface area contributed by atoms with E-state index in [1.54, 1.807) is 0 Å². The number of carbonyl (C=O) groups is 1. The van der Waals surface area contributed by atoms with Gasteiger partial charge in [-0.2, -0.15) is 0 Å². The summed E-state index contributed by atoms with van der Waals surface area (Å²) in [6.45, 7) is 1.76. The second-order valence-electron chi connectivity index (χ2n) is 4.97. The van der Waals surface area contributed by atoms with Gasteiger partial charge in [0.15, 0.2) is 0 Å². The molecule has 0 amide bonds. The molecular formula is C14H17BrClNO2. The highest BCUT2D eigenvalue weighted by atomic mass is 79.9. The Morgan fingerprint density at radius 1 is 1.47 bits per heavy atom. The fourth-order valence-corrected chi connectivity index (χ4v) is 3.12. The Balaban J connectivity index is 2.06. The van der Waals surface area contributed by atoms with Gasteiger partial charge in [0.1, 0.15) is 0 Å². The predicted octanol–water partition coefficient (Wildman–Crippen LogP) is 3.93. The summed E-state index contributed by atoms with van der Waals surface area (Å²) in [5.74, 6) is -0.714. The maximum Gasteiger partial charge on any atom is 0.304 e. The van der Waals surface area contributed by atoms with Gasteiger partial charge >= 0.3 is 5.97 Å². The van der Waals surface area contributed by atoms with Crippen LogP contribution in [0, 0.1) is 0 Å². The Morgan fingerprint density at radius 3 is 2.95 bits per heavy atom. The summed E-state index contributed by atoms with van der Waals surface area (Å²) >= 11 is 9.40. The number of nitrogens with zero attached hydrogens (tertiary/aromatic N) is 1. The number of benzene rings is 1. The summed E-state index contributed by atoms with van der Waals surface area (Å²) in [6.07, 6.45) is 3.47. The molecule has 0 saturated carbocycles. The van der Waals surface area contributed by atoms with Crippen LogP contribution in [0.3, 0.4) is 0 Å². The molecule has 2 rings (SSSR count). The largest absolute Gasteiger partial charge is 0.481 e. The van der Waals surface area contributed by atoms with Crippen molar-refractivity contribution in [2.24, 2.45) is 0 Å². The van der Waals surface area contributed by atoms with Crippen LogP contribution in [0.2, 0.25) is 5.02 Å². The van der Waals surface area contributed by atoms with E-state index in [1.165, 1.54) is 0 Å². The van der Waals surface area contributed by atoms with E-state index in [9.17, 15) is 4.79 Å². The van der Waals surface area contributed by atoms with Crippen molar-refractivity contribution in [1.82, 2.24) is 4.90 Å². The molecule has 5 heteroatoms. The summed E-state index contributed by atoms with van der Waals surface area (Å²) in [5, 5.41) is 9.68. The third-order valence-corrected chi connectivity index (χ3v) is 4.74. The Labute approximate surface area is 126 Å². The van der Waals surface area contributed by atoms with E-state index < -0.39 is 5.97 Å². The standard InChI is InChI=1S/C14H17BrClNO2/c15-12-7-10(4-5-13(12)16)9-17-6-2-1-3-11(17)8-14(18)19/h4-5,7,11H,1-3,6,8-9H2,(H,18,19). The van der Waals surface area contributed by atoms with E-state index in [0.29, 0.717) is 5.02 Å². The van der Waals surface area contributed by atoms with Gasteiger partial charge in [0, 0.05) is 17.1 Å². The molecule has 3 nitrogen and oxygen atoms in total. The Hall–Kier alpha value is -0.580. The number of rotatable bonds is 4. The molecule has 19 heavy (non-hydrogen) atoms. The van der Waals surface area contributed by atoms with Gasteiger partial charge in [-0.15, -0.1) is 0 Å². The van der Waals surface area contributed by atoms with Crippen molar-refractivity contribution in [3.05, 3.63) is 33.3 Å². The lowest BCUT2D eigenvalue weighted by Gasteiger charge is -2.35. The number of piperidine rings is 1. The first-order chi connectivity index (χ1) is 9.06. The third kappa shape index (κ3) is 4.20. The van der Waals surface area contributed by atoms with Crippen LogP contribution in [-0.4, -0.2) is 28.6 Å². The van der Waals surface area contributed by atoms with E-state index in [2.05, 4.69) is 20.8 Å². The molecule has 1 aromatic carbocycles. The number of hydrogen-bond donors (Lipinski definition) is 1. The Bertz CT molecular complexity index is 467. The van der Waals surface area contributed by atoms with Crippen LogP contribution in [0.4, 0.5) is 0 Å². The molecule has 1 unspecified atom stereocenters. The maximum absolute atomic E-state index is 10.9. The minimum atomic E-state index is -0.714. The number of aliphatic carboxylic acids is 1. The van der Waals surface area contributed by atoms with Gasteiger partial charge in [0.25, 0.3) is 0 Å². The highest BCUT2D eigenvalue weighted by Gasteiger charge is 2.24. The Kier molecular flexibility index (Phi) is 5.25. The van der Waals surface area contributed by atoms with Crippen LogP contribution >= 0.6 is 27.5 Å². The molecule has 1 aliphatic heterocycles. The summed E-state index contributed by atoms with van der Waals surface area (Å²) < 4.78 is 0.887. The zero-order valence-electron chi connectivity index (χ0n) is 10.6. The number of likely N-dealkylation sites (tertiary alicyclic amines) is 1. The smallest absolute Gasteiger partial charge is 0.304 e. The second-order valence-corrected chi connectivity index (χ2v) is 6.23. The summed E-state index contributed by atoms with van der Waals surface area (Å²) in [4.78, 5) is 13.2. The molecule has 1 N–H and O–H groups in total. The second kappa shape index (κ2) is 6.73. The summed E-state index contributed by atoms with van der Waals surface area (Å²) in [6, 6.07) is 6.03. The topological polar surface area (TPSA) is 40.5 Å².